The van der Waals surface area contributed by atoms with Gasteiger partial charge in [0.1, 0.15) is 4.90 Å². The van der Waals surface area contributed by atoms with Crippen LogP contribution in [0.15, 0.2) is 11.1 Å². The van der Waals surface area contributed by atoms with E-state index in [0.717, 1.165) is 6.54 Å². The van der Waals surface area contributed by atoms with Crippen molar-refractivity contribution in [3.8, 4) is 0 Å². The first kappa shape index (κ1) is 12.2. The Hall–Kier alpha value is -0.920. The zero-order chi connectivity index (χ0) is 11.6. The molecule has 0 unspecified atom stereocenters. The summed E-state index contributed by atoms with van der Waals surface area (Å²) < 4.78 is 23.9. The minimum atomic E-state index is -3.65. The fourth-order valence-electron chi connectivity index (χ4n) is 1.23. The average molecular weight is 232 g/mol. The maximum atomic E-state index is 11.1. The van der Waals surface area contributed by atoms with Crippen molar-refractivity contribution in [3.05, 3.63) is 11.9 Å². The summed E-state index contributed by atoms with van der Waals surface area (Å²) in [5, 5.41) is 9.02. The molecule has 15 heavy (non-hydrogen) atoms. The maximum Gasteiger partial charge on any atom is 0.241 e. The number of nitrogens with two attached hydrogens (primary N) is 1. The van der Waals surface area contributed by atoms with E-state index in [-0.39, 0.29) is 4.90 Å². The molecule has 0 aliphatic heterocycles. The molecule has 1 heterocycles. The maximum absolute atomic E-state index is 11.1. The highest BCUT2D eigenvalue weighted by atomic mass is 32.2. The molecule has 0 bridgehead atoms. The van der Waals surface area contributed by atoms with E-state index in [1.165, 1.54) is 6.20 Å². The molecule has 0 aliphatic carbocycles. The van der Waals surface area contributed by atoms with Gasteiger partial charge in [0, 0.05) is 6.54 Å². The van der Waals surface area contributed by atoms with Crippen LogP contribution in [0.4, 0.5) is 0 Å². The summed E-state index contributed by atoms with van der Waals surface area (Å²) >= 11 is 0. The zero-order valence-corrected chi connectivity index (χ0v) is 9.95. The minimum absolute atomic E-state index is 0.0984. The Morgan fingerprint density at radius 2 is 2.13 bits per heavy atom. The Kier molecular flexibility index (Phi) is 3.48. The van der Waals surface area contributed by atoms with Crippen molar-refractivity contribution in [2.45, 2.75) is 18.4 Å². The molecule has 0 saturated carbocycles. The van der Waals surface area contributed by atoms with Crippen LogP contribution >= 0.6 is 0 Å². The van der Waals surface area contributed by atoms with Gasteiger partial charge in [0.25, 0.3) is 0 Å². The number of sulfonamides is 1. The van der Waals surface area contributed by atoms with Gasteiger partial charge in [-0.25, -0.2) is 13.6 Å². The van der Waals surface area contributed by atoms with Crippen LogP contribution in [0.2, 0.25) is 0 Å². The lowest BCUT2D eigenvalue weighted by molar-refractivity contribution is 0.370. The van der Waals surface area contributed by atoms with Crippen LogP contribution in [0, 0.1) is 6.92 Å². The van der Waals surface area contributed by atoms with Crippen molar-refractivity contribution in [3.63, 3.8) is 0 Å². The summed E-state index contributed by atoms with van der Waals surface area (Å²) in [5.41, 5.74) is 0.583. The van der Waals surface area contributed by atoms with E-state index in [4.69, 9.17) is 5.14 Å². The molecule has 0 amide bonds. The van der Waals surface area contributed by atoms with E-state index in [9.17, 15) is 8.42 Å². The molecule has 0 saturated heterocycles. The van der Waals surface area contributed by atoms with Gasteiger partial charge in [-0.1, -0.05) is 0 Å². The summed E-state index contributed by atoms with van der Waals surface area (Å²) in [5.74, 6) is 0. The number of likely N-dealkylation sites (N-methyl/N-ethyl adjacent to an activating group) is 1. The predicted octanol–water partition coefficient (Wildman–Crippen LogP) is -0.599. The van der Waals surface area contributed by atoms with Crippen molar-refractivity contribution >= 4 is 10.0 Å². The molecule has 0 atom stereocenters. The van der Waals surface area contributed by atoms with Gasteiger partial charge >= 0.3 is 0 Å². The number of hydrogen-bond acceptors (Lipinski definition) is 4. The normalized spacial score (nSPS) is 12.3. The Labute approximate surface area is 89.7 Å². The summed E-state index contributed by atoms with van der Waals surface area (Å²) in [4.78, 5) is 2.10. The number of primary sulfonamides is 1. The number of rotatable bonds is 4. The van der Waals surface area contributed by atoms with Gasteiger partial charge in [-0.3, -0.25) is 4.68 Å². The summed E-state index contributed by atoms with van der Waals surface area (Å²) in [7, 11) is 0.240. The quantitative estimate of drug-likeness (QED) is 0.751. The zero-order valence-electron chi connectivity index (χ0n) is 9.14. The molecule has 7 heteroatoms. The van der Waals surface area contributed by atoms with Gasteiger partial charge in [-0.15, -0.1) is 0 Å². The first-order chi connectivity index (χ1) is 6.82. The molecule has 6 nitrogen and oxygen atoms in total. The summed E-state index contributed by atoms with van der Waals surface area (Å²) in [6, 6.07) is 0. The molecule has 0 aromatic carbocycles. The standard InChI is InChI=1S/C8H16N4O2S/c1-7-8(15(9,13)14)6-10-12(7)5-4-11(2)3/h6H,4-5H2,1-3H3,(H2,9,13,14). The SMILES string of the molecule is Cc1c(S(N)(=O)=O)cnn1CCN(C)C. The Morgan fingerprint density at radius 1 is 1.53 bits per heavy atom. The summed E-state index contributed by atoms with van der Waals surface area (Å²) in [6.07, 6.45) is 1.29. The van der Waals surface area contributed by atoms with E-state index < -0.39 is 10.0 Å². The molecule has 1 rings (SSSR count). The monoisotopic (exact) mass is 232 g/mol. The second kappa shape index (κ2) is 4.30. The van der Waals surface area contributed by atoms with Crippen LogP contribution in [0.25, 0.3) is 0 Å². The van der Waals surface area contributed by atoms with E-state index in [1.807, 2.05) is 19.0 Å². The lowest BCUT2D eigenvalue weighted by Gasteiger charge is -2.10. The number of nitrogens with zero attached hydrogens (tertiary/aromatic N) is 3. The van der Waals surface area contributed by atoms with Gasteiger partial charge in [0.15, 0.2) is 0 Å². The van der Waals surface area contributed by atoms with Gasteiger partial charge < -0.3 is 4.90 Å². The first-order valence-corrected chi connectivity index (χ1v) is 6.07. The molecule has 86 valence electrons. The fourth-order valence-corrected chi connectivity index (χ4v) is 1.94. The average Bonchev–Trinajstić information content (AvgIpc) is 2.42. The molecule has 2 N–H and O–H groups in total. The van der Waals surface area contributed by atoms with E-state index in [1.54, 1.807) is 11.6 Å². The largest absolute Gasteiger partial charge is 0.308 e. The third-order valence-electron chi connectivity index (χ3n) is 2.12. The highest BCUT2D eigenvalue weighted by molar-refractivity contribution is 7.89. The van der Waals surface area contributed by atoms with Crippen LogP contribution < -0.4 is 5.14 Å². The van der Waals surface area contributed by atoms with Gasteiger partial charge in [-0.2, -0.15) is 5.10 Å². The van der Waals surface area contributed by atoms with E-state index in [2.05, 4.69) is 5.10 Å². The second-order valence-corrected chi connectivity index (χ2v) is 5.20. The fraction of sp³-hybridized carbons (Fsp3) is 0.625. The first-order valence-electron chi connectivity index (χ1n) is 4.52. The van der Waals surface area contributed by atoms with Crippen LogP contribution in [0.5, 0.6) is 0 Å². The molecule has 0 fully saturated rings. The van der Waals surface area contributed by atoms with E-state index >= 15 is 0 Å². The van der Waals surface area contributed by atoms with Crippen LogP contribution in [0.3, 0.4) is 0 Å². The number of hydrogen-bond donors (Lipinski definition) is 1. The summed E-state index contributed by atoms with van der Waals surface area (Å²) in [6.45, 7) is 3.14. The molecule has 0 aliphatic rings. The third kappa shape index (κ3) is 3.01. The van der Waals surface area contributed by atoms with Gasteiger partial charge in [-0.05, 0) is 21.0 Å². The topological polar surface area (TPSA) is 81.2 Å². The molecule has 1 aromatic rings. The molecule has 0 radical (unpaired) electrons. The Morgan fingerprint density at radius 3 is 2.53 bits per heavy atom. The van der Waals surface area contributed by atoms with Crippen molar-refractivity contribution in [2.24, 2.45) is 5.14 Å². The van der Waals surface area contributed by atoms with Crippen LogP contribution in [0.1, 0.15) is 5.69 Å². The molecule has 1 aromatic heterocycles. The minimum Gasteiger partial charge on any atom is -0.308 e. The van der Waals surface area contributed by atoms with Crippen LogP contribution in [-0.4, -0.2) is 43.7 Å². The molecule has 0 spiro atoms. The van der Waals surface area contributed by atoms with Crippen molar-refractivity contribution in [1.82, 2.24) is 14.7 Å². The van der Waals surface area contributed by atoms with Gasteiger partial charge in [0.2, 0.25) is 10.0 Å². The lowest BCUT2D eigenvalue weighted by atomic mass is 10.4. The lowest BCUT2D eigenvalue weighted by Crippen LogP contribution is -2.20. The number of aromatic nitrogens is 2. The molecular weight excluding hydrogens is 216 g/mol. The Balaban J connectivity index is 2.90. The highest BCUT2D eigenvalue weighted by Crippen LogP contribution is 2.11. The molecular formula is C8H16N4O2S. The van der Waals surface area contributed by atoms with Gasteiger partial charge in [0.05, 0.1) is 18.4 Å². The predicted molar refractivity (Wildman–Crippen MR) is 56.9 cm³/mol. The highest BCUT2D eigenvalue weighted by Gasteiger charge is 2.15. The van der Waals surface area contributed by atoms with Crippen molar-refractivity contribution in [1.29, 1.82) is 0 Å². The van der Waals surface area contributed by atoms with E-state index in [0.29, 0.717) is 12.2 Å². The third-order valence-corrected chi connectivity index (χ3v) is 3.14. The van der Waals surface area contributed by atoms with Crippen molar-refractivity contribution < 1.29 is 8.42 Å². The van der Waals surface area contributed by atoms with Crippen LogP contribution in [-0.2, 0) is 16.6 Å². The Bertz CT molecular complexity index is 435. The second-order valence-electron chi connectivity index (χ2n) is 3.67. The van der Waals surface area contributed by atoms with Crippen molar-refractivity contribution in [2.75, 3.05) is 20.6 Å². The smallest absolute Gasteiger partial charge is 0.241 e.